The fraction of sp³-hybridized carbons (Fsp3) is 0.846. The molecule has 3 atom stereocenters. The zero-order valence-corrected chi connectivity index (χ0v) is 11.6. The predicted octanol–water partition coefficient (Wildman–Crippen LogP) is 0.0309. The van der Waals surface area contributed by atoms with Gasteiger partial charge in [-0.15, -0.1) is 0 Å². The Morgan fingerprint density at radius 2 is 2.10 bits per heavy atom. The van der Waals surface area contributed by atoms with Crippen molar-refractivity contribution in [2.24, 2.45) is 5.92 Å². The van der Waals surface area contributed by atoms with Crippen LogP contribution in [0, 0.1) is 5.92 Å². The summed E-state index contributed by atoms with van der Waals surface area (Å²) in [7, 11) is 0. The predicted molar refractivity (Wildman–Crippen MR) is 70.3 cm³/mol. The van der Waals surface area contributed by atoms with E-state index in [-0.39, 0.29) is 43.2 Å². The molecule has 3 unspecified atom stereocenters. The van der Waals surface area contributed by atoms with Gasteiger partial charge in [-0.2, -0.15) is 0 Å². The van der Waals surface area contributed by atoms with Gasteiger partial charge in [0.25, 0.3) is 0 Å². The van der Waals surface area contributed by atoms with Crippen molar-refractivity contribution < 1.29 is 24.5 Å². The number of rotatable bonds is 5. The Hall–Kier alpha value is -1.34. The van der Waals surface area contributed by atoms with E-state index in [2.05, 4.69) is 5.32 Å². The number of carboxylic acid groups (broad SMARTS) is 1. The highest BCUT2D eigenvalue weighted by atomic mass is 16.5. The number of ether oxygens (including phenoxy) is 1. The highest BCUT2D eigenvalue weighted by molar-refractivity contribution is 5.76. The van der Waals surface area contributed by atoms with E-state index in [9.17, 15) is 9.59 Å². The Labute approximate surface area is 117 Å². The molecular weight excluding hydrogens is 264 g/mol. The van der Waals surface area contributed by atoms with Gasteiger partial charge in [0, 0.05) is 12.6 Å². The smallest absolute Gasteiger partial charge is 0.317 e. The van der Waals surface area contributed by atoms with Crippen LogP contribution in [0.1, 0.15) is 26.2 Å². The fourth-order valence-electron chi connectivity index (χ4n) is 2.58. The van der Waals surface area contributed by atoms with E-state index in [1.54, 1.807) is 4.90 Å². The molecule has 0 aromatic heterocycles. The molecule has 1 saturated carbocycles. The molecule has 0 aromatic carbocycles. The van der Waals surface area contributed by atoms with Crippen LogP contribution in [0.2, 0.25) is 0 Å². The first kappa shape index (κ1) is 15.1. The van der Waals surface area contributed by atoms with Crippen LogP contribution in [0.3, 0.4) is 0 Å². The van der Waals surface area contributed by atoms with Gasteiger partial charge in [-0.3, -0.25) is 4.79 Å². The molecule has 2 amide bonds. The molecule has 1 heterocycles. The van der Waals surface area contributed by atoms with Gasteiger partial charge in [0.15, 0.2) is 0 Å². The van der Waals surface area contributed by atoms with Crippen LogP contribution in [0.25, 0.3) is 0 Å². The summed E-state index contributed by atoms with van der Waals surface area (Å²) in [5.41, 5.74) is 0. The molecule has 2 aliphatic rings. The van der Waals surface area contributed by atoms with E-state index < -0.39 is 5.97 Å². The van der Waals surface area contributed by atoms with Crippen LogP contribution in [0.15, 0.2) is 0 Å². The number of nitrogens with zero attached hydrogens (tertiary/aromatic N) is 1. The molecule has 20 heavy (non-hydrogen) atoms. The Bertz CT molecular complexity index is 372. The van der Waals surface area contributed by atoms with E-state index in [4.69, 9.17) is 14.9 Å². The number of hydrogen-bond donors (Lipinski definition) is 3. The minimum Gasteiger partial charge on any atom is -0.481 e. The quantitative estimate of drug-likeness (QED) is 0.662. The van der Waals surface area contributed by atoms with E-state index in [1.165, 1.54) is 0 Å². The van der Waals surface area contributed by atoms with E-state index in [1.807, 2.05) is 6.92 Å². The van der Waals surface area contributed by atoms with Crippen molar-refractivity contribution in [1.29, 1.82) is 0 Å². The molecule has 2 rings (SSSR count). The standard InChI is InChI=1S/C13H22N2O5/c1-8-5-15(6-10(7-16)20-8)13(19)14-11(4-12(17)18)9-2-3-9/h8-11,16H,2-7H2,1H3,(H,14,19)(H,17,18). The Kier molecular flexibility index (Phi) is 4.82. The SMILES string of the molecule is CC1CN(C(=O)NC(CC(=O)O)C2CC2)CC(CO)O1. The van der Waals surface area contributed by atoms with E-state index in [0.717, 1.165) is 12.8 Å². The maximum absolute atomic E-state index is 12.2. The van der Waals surface area contributed by atoms with Crippen molar-refractivity contribution in [2.75, 3.05) is 19.7 Å². The fourth-order valence-corrected chi connectivity index (χ4v) is 2.58. The number of carboxylic acids is 1. The molecule has 2 fully saturated rings. The van der Waals surface area contributed by atoms with Gasteiger partial charge < -0.3 is 25.2 Å². The molecule has 7 nitrogen and oxygen atoms in total. The minimum atomic E-state index is -0.897. The first-order valence-corrected chi connectivity index (χ1v) is 7.03. The number of hydrogen-bond acceptors (Lipinski definition) is 4. The third-order valence-corrected chi connectivity index (χ3v) is 3.71. The van der Waals surface area contributed by atoms with Crippen molar-refractivity contribution in [1.82, 2.24) is 10.2 Å². The Balaban J connectivity index is 1.90. The monoisotopic (exact) mass is 286 g/mol. The lowest BCUT2D eigenvalue weighted by molar-refractivity contribution is -0.137. The van der Waals surface area contributed by atoms with Crippen LogP contribution in [0.5, 0.6) is 0 Å². The molecule has 0 aromatic rings. The number of aliphatic hydroxyl groups excluding tert-OH is 1. The number of morpholine rings is 1. The third-order valence-electron chi connectivity index (χ3n) is 3.71. The molecule has 7 heteroatoms. The molecule has 0 radical (unpaired) electrons. The number of nitrogens with one attached hydrogen (secondary N) is 1. The van der Waals surface area contributed by atoms with Gasteiger partial charge in [0.1, 0.15) is 0 Å². The molecule has 1 saturated heterocycles. The maximum atomic E-state index is 12.2. The lowest BCUT2D eigenvalue weighted by atomic mass is 10.1. The van der Waals surface area contributed by atoms with Crippen LogP contribution in [-0.2, 0) is 9.53 Å². The van der Waals surface area contributed by atoms with E-state index in [0.29, 0.717) is 13.1 Å². The second-order valence-electron chi connectivity index (χ2n) is 5.65. The average molecular weight is 286 g/mol. The number of amides is 2. The van der Waals surface area contributed by atoms with Gasteiger partial charge in [0.05, 0.1) is 31.8 Å². The molecule has 3 N–H and O–H groups in total. The summed E-state index contributed by atoms with van der Waals surface area (Å²) in [4.78, 5) is 24.6. The van der Waals surface area contributed by atoms with Crippen molar-refractivity contribution in [3.8, 4) is 0 Å². The molecule has 0 bridgehead atoms. The number of aliphatic carboxylic acids is 1. The maximum Gasteiger partial charge on any atom is 0.317 e. The topological polar surface area (TPSA) is 99.1 Å². The van der Waals surface area contributed by atoms with Crippen LogP contribution in [0.4, 0.5) is 4.79 Å². The summed E-state index contributed by atoms with van der Waals surface area (Å²) in [5, 5.41) is 20.8. The number of carbonyl (C=O) groups is 2. The lowest BCUT2D eigenvalue weighted by Crippen LogP contribution is -2.55. The number of aliphatic hydroxyl groups is 1. The number of carbonyl (C=O) groups excluding carboxylic acids is 1. The highest BCUT2D eigenvalue weighted by Crippen LogP contribution is 2.34. The van der Waals surface area contributed by atoms with Crippen molar-refractivity contribution in [3.05, 3.63) is 0 Å². The van der Waals surface area contributed by atoms with Gasteiger partial charge >= 0.3 is 12.0 Å². The Morgan fingerprint density at radius 3 is 2.65 bits per heavy atom. The van der Waals surface area contributed by atoms with Crippen molar-refractivity contribution >= 4 is 12.0 Å². The summed E-state index contributed by atoms with van der Waals surface area (Å²) < 4.78 is 5.48. The van der Waals surface area contributed by atoms with Gasteiger partial charge in [0.2, 0.25) is 0 Å². The first-order valence-electron chi connectivity index (χ1n) is 7.03. The van der Waals surface area contributed by atoms with Crippen LogP contribution in [-0.4, -0.2) is 65.1 Å². The summed E-state index contributed by atoms with van der Waals surface area (Å²) in [6.07, 6.45) is 1.39. The zero-order chi connectivity index (χ0) is 14.7. The third kappa shape index (κ3) is 4.08. The van der Waals surface area contributed by atoms with Crippen LogP contribution < -0.4 is 5.32 Å². The first-order chi connectivity index (χ1) is 9.49. The summed E-state index contributed by atoms with van der Waals surface area (Å²) in [5.74, 6) is -0.618. The largest absolute Gasteiger partial charge is 0.481 e. The second-order valence-corrected chi connectivity index (χ2v) is 5.65. The van der Waals surface area contributed by atoms with Crippen LogP contribution >= 0.6 is 0 Å². The lowest BCUT2D eigenvalue weighted by Gasteiger charge is -2.36. The highest BCUT2D eigenvalue weighted by Gasteiger charge is 2.36. The van der Waals surface area contributed by atoms with Gasteiger partial charge in [-0.25, -0.2) is 4.79 Å². The molecule has 114 valence electrons. The number of urea groups is 1. The summed E-state index contributed by atoms with van der Waals surface area (Å²) in [6.45, 7) is 2.50. The average Bonchev–Trinajstić information content (AvgIpc) is 3.20. The normalized spacial score (nSPS) is 28.0. The van der Waals surface area contributed by atoms with Crippen molar-refractivity contribution in [2.45, 2.75) is 44.4 Å². The second kappa shape index (κ2) is 6.41. The molecule has 1 aliphatic carbocycles. The van der Waals surface area contributed by atoms with Gasteiger partial charge in [-0.05, 0) is 25.7 Å². The molecule has 0 spiro atoms. The molecular formula is C13H22N2O5. The molecule has 1 aliphatic heterocycles. The summed E-state index contributed by atoms with van der Waals surface area (Å²) in [6, 6.07) is -0.567. The Morgan fingerprint density at radius 1 is 1.40 bits per heavy atom. The van der Waals surface area contributed by atoms with Gasteiger partial charge in [-0.1, -0.05) is 0 Å². The minimum absolute atomic E-state index is 0.0419. The summed E-state index contributed by atoms with van der Waals surface area (Å²) >= 11 is 0. The zero-order valence-electron chi connectivity index (χ0n) is 11.6. The van der Waals surface area contributed by atoms with E-state index >= 15 is 0 Å². The van der Waals surface area contributed by atoms with Crippen molar-refractivity contribution in [3.63, 3.8) is 0 Å².